The number of unbranched alkanes of at least 4 members (excludes halogenated alkanes) is 5. The number of nitrogens with zero attached hydrogens (tertiary/aromatic N) is 3. The molecule has 0 saturated carbocycles. The van der Waals surface area contributed by atoms with Crippen LogP contribution in [0.1, 0.15) is 83.8 Å². The summed E-state index contributed by atoms with van der Waals surface area (Å²) in [5, 5.41) is 30.6. The zero-order chi connectivity index (χ0) is 24.9. The number of aliphatic carboxylic acids is 1. The normalized spacial score (nSPS) is 12.9. The SMILES string of the molecule is CCCCCCCCC(Cc1cc(-n2nc3ccc(Cl)cc3n2)c(O)c(C(C)(C)C)c1)C(=O)O. The average Bonchev–Trinajstić information content (AvgIpc) is 3.18. The second-order valence-electron chi connectivity index (χ2n) is 10.2. The standard InChI is InChI=1S/C27H36ClN3O3/c1-5-6-7-8-9-10-11-19(26(33)34)14-18-15-21(27(2,3)4)25(32)24(16-18)31-29-22-13-12-20(28)17-23(22)30-31/h12-13,15-17,19,32H,5-11,14H2,1-4H3,(H,33,34). The third kappa shape index (κ3) is 6.50. The first-order valence-electron chi connectivity index (χ1n) is 12.2. The van der Waals surface area contributed by atoms with Crippen LogP contribution in [0.4, 0.5) is 0 Å². The number of carboxylic acid groups (broad SMARTS) is 1. The lowest BCUT2D eigenvalue weighted by Crippen LogP contribution is -2.18. The zero-order valence-electron chi connectivity index (χ0n) is 20.6. The molecule has 0 aliphatic heterocycles. The van der Waals surface area contributed by atoms with Gasteiger partial charge in [0.05, 0.1) is 5.92 Å². The molecule has 0 bridgehead atoms. The number of hydrogen-bond acceptors (Lipinski definition) is 4. The molecule has 3 rings (SSSR count). The topological polar surface area (TPSA) is 88.2 Å². The van der Waals surface area contributed by atoms with Gasteiger partial charge in [-0.25, -0.2) is 0 Å². The second kappa shape index (κ2) is 11.2. The molecule has 7 heteroatoms. The fourth-order valence-corrected chi connectivity index (χ4v) is 4.45. The van der Waals surface area contributed by atoms with E-state index in [1.165, 1.54) is 24.1 Å². The maximum Gasteiger partial charge on any atom is 0.306 e. The number of aromatic nitrogens is 3. The molecule has 3 aromatic rings. The highest BCUT2D eigenvalue weighted by molar-refractivity contribution is 6.31. The fraction of sp³-hybridized carbons (Fsp3) is 0.519. The summed E-state index contributed by atoms with van der Waals surface area (Å²) < 4.78 is 0. The van der Waals surface area contributed by atoms with Crippen molar-refractivity contribution in [2.75, 3.05) is 0 Å². The lowest BCUT2D eigenvalue weighted by Gasteiger charge is -2.24. The van der Waals surface area contributed by atoms with Crippen molar-refractivity contribution in [1.29, 1.82) is 0 Å². The molecule has 1 atom stereocenters. The van der Waals surface area contributed by atoms with Gasteiger partial charge >= 0.3 is 5.97 Å². The van der Waals surface area contributed by atoms with Crippen LogP contribution in [0.2, 0.25) is 5.02 Å². The molecule has 184 valence electrons. The van der Waals surface area contributed by atoms with E-state index in [1.54, 1.807) is 18.2 Å². The minimum Gasteiger partial charge on any atom is -0.505 e. The van der Waals surface area contributed by atoms with Gasteiger partial charge in [-0.1, -0.05) is 83.9 Å². The van der Waals surface area contributed by atoms with Crippen LogP contribution in [-0.4, -0.2) is 31.2 Å². The number of phenols is 1. The van der Waals surface area contributed by atoms with Crippen LogP contribution >= 0.6 is 11.6 Å². The summed E-state index contributed by atoms with van der Waals surface area (Å²) in [6, 6.07) is 9.00. The van der Waals surface area contributed by atoms with Gasteiger partial charge in [0.2, 0.25) is 0 Å². The van der Waals surface area contributed by atoms with E-state index in [9.17, 15) is 15.0 Å². The smallest absolute Gasteiger partial charge is 0.306 e. The number of aromatic hydroxyl groups is 1. The van der Waals surface area contributed by atoms with Crippen molar-refractivity contribution in [3.8, 4) is 11.4 Å². The Labute approximate surface area is 206 Å². The van der Waals surface area contributed by atoms with Gasteiger partial charge in [0.15, 0.2) is 0 Å². The molecule has 1 heterocycles. The number of halogens is 1. The number of carboxylic acids is 1. The first-order chi connectivity index (χ1) is 16.1. The van der Waals surface area contributed by atoms with E-state index in [-0.39, 0.29) is 11.2 Å². The summed E-state index contributed by atoms with van der Waals surface area (Å²) in [7, 11) is 0. The summed E-state index contributed by atoms with van der Waals surface area (Å²) in [5.74, 6) is -1.15. The lowest BCUT2D eigenvalue weighted by atomic mass is 9.83. The van der Waals surface area contributed by atoms with Crippen LogP contribution in [0.3, 0.4) is 0 Å². The third-order valence-electron chi connectivity index (χ3n) is 6.25. The van der Waals surface area contributed by atoms with Crippen LogP contribution in [0.5, 0.6) is 5.75 Å². The molecule has 0 aliphatic rings. The minimum absolute atomic E-state index is 0.102. The Kier molecular flexibility index (Phi) is 8.58. The fourth-order valence-electron chi connectivity index (χ4n) is 4.28. The minimum atomic E-state index is -0.780. The molecule has 0 spiro atoms. The number of rotatable bonds is 11. The summed E-state index contributed by atoms with van der Waals surface area (Å²) in [5.41, 5.74) is 2.99. The number of hydrogen-bond donors (Lipinski definition) is 2. The summed E-state index contributed by atoms with van der Waals surface area (Å²) in [6.45, 7) is 8.25. The molecule has 6 nitrogen and oxygen atoms in total. The van der Waals surface area contributed by atoms with Crippen LogP contribution in [0.25, 0.3) is 16.7 Å². The summed E-state index contributed by atoms with van der Waals surface area (Å²) in [6.07, 6.45) is 7.80. The van der Waals surface area contributed by atoms with Gasteiger partial charge in [0, 0.05) is 10.6 Å². The molecular weight excluding hydrogens is 450 g/mol. The van der Waals surface area contributed by atoms with Crippen molar-refractivity contribution >= 4 is 28.6 Å². The van der Waals surface area contributed by atoms with Gasteiger partial charge in [-0.05, 0) is 48.1 Å². The Morgan fingerprint density at radius 3 is 2.38 bits per heavy atom. The molecule has 34 heavy (non-hydrogen) atoms. The largest absolute Gasteiger partial charge is 0.505 e. The van der Waals surface area contributed by atoms with Crippen LogP contribution in [0, 0.1) is 5.92 Å². The molecule has 2 aromatic carbocycles. The number of benzene rings is 2. The van der Waals surface area contributed by atoms with Gasteiger partial charge in [0.1, 0.15) is 22.5 Å². The van der Waals surface area contributed by atoms with Gasteiger partial charge < -0.3 is 10.2 Å². The Morgan fingerprint density at radius 2 is 1.71 bits per heavy atom. The Hall–Kier alpha value is -2.60. The highest BCUT2D eigenvalue weighted by Crippen LogP contribution is 2.37. The molecule has 1 aromatic heterocycles. The lowest BCUT2D eigenvalue weighted by molar-refractivity contribution is -0.142. The monoisotopic (exact) mass is 485 g/mol. The second-order valence-corrected chi connectivity index (χ2v) is 10.6. The Morgan fingerprint density at radius 1 is 1.03 bits per heavy atom. The maximum atomic E-state index is 12.0. The van der Waals surface area contributed by atoms with Crippen LogP contribution in [-0.2, 0) is 16.6 Å². The van der Waals surface area contributed by atoms with E-state index in [1.807, 2.05) is 32.9 Å². The van der Waals surface area contributed by atoms with Gasteiger partial charge in [-0.3, -0.25) is 4.79 Å². The summed E-state index contributed by atoms with van der Waals surface area (Å²) in [4.78, 5) is 13.4. The molecule has 0 saturated heterocycles. The first-order valence-corrected chi connectivity index (χ1v) is 12.6. The zero-order valence-corrected chi connectivity index (χ0v) is 21.4. The molecule has 2 N–H and O–H groups in total. The number of fused-ring (bicyclic) bond motifs is 1. The number of phenolic OH excluding ortho intramolecular Hbond substituents is 1. The van der Waals surface area contributed by atoms with E-state index < -0.39 is 11.9 Å². The van der Waals surface area contributed by atoms with Crippen LogP contribution < -0.4 is 0 Å². The molecule has 0 radical (unpaired) electrons. The molecule has 0 fully saturated rings. The van der Waals surface area contributed by atoms with Gasteiger partial charge in [-0.2, -0.15) is 0 Å². The highest BCUT2D eigenvalue weighted by Gasteiger charge is 2.25. The first kappa shape index (κ1) is 26.0. The van der Waals surface area contributed by atoms with Gasteiger partial charge in [-0.15, -0.1) is 15.0 Å². The van der Waals surface area contributed by atoms with Crippen molar-refractivity contribution in [2.24, 2.45) is 5.92 Å². The van der Waals surface area contributed by atoms with Crippen molar-refractivity contribution in [1.82, 2.24) is 15.0 Å². The highest BCUT2D eigenvalue weighted by atomic mass is 35.5. The van der Waals surface area contributed by atoms with Crippen LogP contribution in [0.15, 0.2) is 30.3 Å². The van der Waals surface area contributed by atoms with E-state index in [0.29, 0.717) is 34.6 Å². The predicted octanol–water partition coefficient (Wildman–Crippen LogP) is 7.07. The molecule has 0 aliphatic carbocycles. The predicted molar refractivity (Wildman–Crippen MR) is 137 cm³/mol. The maximum absolute atomic E-state index is 12.0. The third-order valence-corrected chi connectivity index (χ3v) is 6.49. The van der Waals surface area contributed by atoms with Crippen molar-refractivity contribution in [3.05, 3.63) is 46.5 Å². The Balaban J connectivity index is 1.91. The van der Waals surface area contributed by atoms with E-state index in [4.69, 9.17) is 11.6 Å². The van der Waals surface area contributed by atoms with E-state index in [0.717, 1.165) is 30.4 Å². The van der Waals surface area contributed by atoms with Crippen molar-refractivity contribution in [2.45, 2.75) is 84.5 Å². The summed E-state index contributed by atoms with van der Waals surface area (Å²) >= 11 is 6.10. The van der Waals surface area contributed by atoms with E-state index >= 15 is 0 Å². The molecular formula is C27H36ClN3O3. The van der Waals surface area contributed by atoms with E-state index in [2.05, 4.69) is 17.1 Å². The Bertz CT molecular complexity index is 1130. The molecule has 0 amide bonds. The van der Waals surface area contributed by atoms with Crippen molar-refractivity contribution in [3.63, 3.8) is 0 Å². The number of carbonyl (C=O) groups is 1. The van der Waals surface area contributed by atoms with Gasteiger partial charge in [0.25, 0.3) is 0 Å². The average molecular weight is 486 g/mol. The van der Waals surface area contributed by atoms with Crippen molar-refractivity contribution < 1.29 is 15.0 Å². The molecule has 1 unspecified atom stereocenters. The quantitative estimate of drug-likeness (QED) is 0.283.